The van der Waals surface area contributed by atoms with E-state index in [4.69, 9.17) is 5.11 Å². The van der Waals surface area contributed by atoms with E-state index in [1.807, 2.05) is 0 Å². The number of para-hydroxylation sites is 1. The molecule has 1 aromatic rings. The van der Waals surface area contributed by atoms with Gasteiger partial charge in [-0.2, -0.15) is 0 Å². The normalized spacial score (nSPS) is 9.14. The van der Waals surface area contributed by atoms with Crippen LogP contribution in [0.3, 0.4) is 0 Å². The number of benzene rings is 1. The first-order valence-electron chi connectivity index (χ1n) is 3.89. The van der Waals surface area contributed by atoms with Gasteiger partial charge in [0.25, 0.3) is 0 Å². The van der Waals surface area contributed by atoms with Crippen molar-refractivity contribution >= 4 is 35.5 Å². The molecule has 14 heavy (non-hydrogen) atoms. The summed E-state index contributed by atoms with van der Waals surface area (Å²) in [5.41, 5.74) is 0.698. The zero-order valence-electron chi connectivity index (χ0n) is 7.03. The number of aliphatic carboxylic acids is 1. The fourth-order valence-corrected chi connectivity index (χ4v) is 0.964. The molecule has 1 rings (SSSR count). The summed E-state index contributed by atoms with van der Waals surface area (Å²) in [6.45, 7) is 0.257. The minimum atomic E-state index is -0.907. The van der Waals surface area contributed by atoms with Crippen LogP contribution in [0.5, 0.6) is 5.75 Å². The molecular formula is C9H12NNaO3. The molecular weight excluding hydrogens is 193 g/mol. The maximum atomic E-state index is 10.1. The first-order chi connectivity index (χ1) is 6.20. The van der Waals surface area contributed by atoms with Crippen molar-refractivity contribution in [3.63, 3.8) is 0 Å². The van der Waals surface area contributed by atoms with Crippen molar-refractivity contribution < 1.29 is 15.0 Å². The van der Waals surface area contributed by atoms with Crippen LogP contribution in [-0.4, -0.2) is 52.3 Å². The fourth-order valence-electron chi connectivity index (χ4n) is 0.964. The molecule has 0 saturated heterocycles. The Kier molecular flexibility index (Phi) is 6.57. The third-order valence-corrected chi connectivity index (χ3v) is 1.58. The number of carbonyl (C=O) groups is 1. The molecule has 0 unspecified atom stereocenters. The first-order valence-corrected chi connectivity index (χ1v) is 3.89. The van der Waals surface area contributed by atoms with Crippen LogP contribution in [0, 0.1) is 0 Å². The van der Waals surface area contributed by atoms with Gasteiger partial charge in [0.05, 0.1) is 6.54 Å². The Hall–Kier alpha value is -0.550. The average molecular weight is 205 g/mol. The Morgan fingerprint density at radius 3 is 2.57 bits per heavy atom. The molecule has 0 atom stereocenters. The average Bonchev–Trinajstić information content (AvgIpc) is 2.08. The van der Waals surface area contributed by atoms with E-state index in [-0.39, 0.29) is 41.9 Å². The monoisotopic (exact) mass is 205 g/mol. The molecule has 0 fully saturated rings. The van der Waals surface area contributed by atoms with E-state index < -0.39 is 5.97 Å². The molecule has 0 radical (unpaired) electrons. The summed E-state index contributed by atoms with van der Waals surface area (Å²) in [7, 11) is 0. The molecule has 0 aliphatic rings. The zero-order valence-corrected chi connectivity index (χ0v) is 7.03. The summed E-state index contributed by atoms with van der Waals surface area (Å²) in [5.74, 6) is -0.726. The molecule has 0 bridgehead atoms. The summed E-state index contributed by atoms with van der Waals surface area (Å²) < 4.78 is 0. The molecule has 0 spiro atoms. The van der Waals surface area contributed by atoms with Crippen molar-refractivity contribution in [1.82, 2.24) is 5.32 Å². The van der Waals surface area contributed by atoms with Crippen molar-refractivity contribution in [3.8, 4) is 5.75 Å². The number of hydrogen-bond acceptors (Lipinski definition) is 3. The maximum absolute atomic E-state index is 10.1. The van der Waals surface area contributed by atoms with Crippen molar-refractivity contribution in [2.24, 2.45) is 0 Å². The molecule has 5 heteroatoms. The van der Waals surface area contributed by atoms with Crippen LogP contribution in [0.4, 0.5) is 0 Å². The predicted molar refractivity (Wildman–Crippen MR) is 54.6 cm³/mol. The number of hydrogen-bond donors (Lipinski definition) is 3. The Morgan fingerprint density at radius 1 is 1.36 bits per heavy atom. The predicted octanol–water partition coefficient (Wildman–Crippen LogP) is -0.0821. The summed E-state index contributed by atoms with van der Waals surface area (Å²) in [6, 6.07) is 6.81. The van der Waals surface area contributed by atoms with Crippen LogP contribution >= 0.6 is 0 Å². The number of phenols is 1. The number of nitrogens with one attached hydrogen (secondary N) is 1. The van der Waals surface area contributed by atoms with E-state index in [0.29, 0.717) is 12.1 Å². The SMILES string of the molecule is O=C(O)CNCc1ccccc1O.[NaH]. The molecule has 0 amide bonds. The van der Waals surface area contributed by atoms with Gasteiger partial charge in [-0.05, 0) is 6.07 Å². The van der Waals surface area contributed by atoms with E-state index in [9.17, 15) is 9.90 Å². The topological polar surface area (TPSA) is 69.6 Å². The van der Waals surface area contributed by atoms with Gasteiger partial charge in [-0.3, -0.25) is 4.79 Å². The van der Waals surface area contributed by atoms with E-state index in [1.165, 1.54) is 0 Å². The zero-order chi connectivity index (χ0) is 9.68. The van der Waals surface area contributed by atoms with Gasteiger partial charge in [0.2, 0.25) is 0 Å². The molecule has 0 aromatic heterocycles. The van der Waals surface area contributed by atoms with Crippen molar-refractivity contribution in [2.75, 3.05) is 6.54 Å². The third kappa shape index (κ3) is 4.62. The number of phenolic OH excluding ortho intramolecular Hbond substituents is 1. The van der Waals surface area contributed by atoms with Gasteiger partial charge in [-0.25, -0.2) is 0 Å². The van der Waals surface area contributed by atoms with Crippen LogP contribution in [0.1, 0.15) is 5.56 Å². The van der Waals surface area contributed by atoms with Crippen molar-refractivity contribution in [1.29, 1.82) is 0 Å². The van der Waals surface area contributed by atoms with Gasteiger partial charge in [0, 0.05) is 12.1 Å². The Labute approximate surface area is 104 Å². The summed E-state index contributed by atoms with van der Waals surface area (Å²) in [5, 5.41) is 20.3. The molecule has 0 saturated carbocycles. The van der Waals surface area contributed by atoms with Gasteiger partial charge in [0.15, 0.2) is 0 Å². The van der Waals surface area contributed by atoms with Crippen molar-refractivity contribution in [2.45, 2.75) is 6.54 Å². The second-order valence-electron chi connectivity index (χ2n) is 2.63. The van der Waals surface area contributed by atoms with Gasteiger partial charge in [-0.1, -0.05) is 18.2 Å². The quantitative estimate of drug-likeness (QED) is 0.601. The Bertz CT molecular complexity index is 304. The van der Waals surface area contributed by atoms with Gasteiger partial charge >= 0.3 is 35.5 Å². The van der Waals surface area contributed by atoms with Crippen LogP contribution in [0.15, 0.2) is 24.3 Å². The molecule has 0 aliphatic heterocycles. The molecule has 0 aliphatic carbocycles. The van der Waals surface area contributed by atoms with Crippen molar-refractivity contribution in [3.05, 3.63) is 29.8 Å². The molecule has 3 N–H and O–H groups in total. The second-order valence-corrected chi connectivity index (χ2v) is 2.63. The Morgan fingerprint density at radius 2 is 2.00 bits per heavy atom. The molecule has 0 heterocycles. The van der Waals surface area contributed by atoms with Gasteiger partial charge in [0.1, 0.15) is 5.75 Å². The molecule has 72 valence electrons. The van der Waals surface area contributed by atoms with Gasteiger partial charge in [-0.15, -0.1) is 0 Å². The standard InChI is InChI=1S/C9H11NO3.Na.H/c11-8-4-2-1-3-7(8)5-10-6-9(12)13;;/h1-4,10-11H,5-6H2,(H,12,13);;. The number of rotatable bonds is 4. The summed E-state index contributed by atoms with van der Waals surface area (Å²) in [4.78, 5) is 10.1. The first kappa shape index (κ1) is 13.4. The number of aromatic hydroxyl groups is 1. The van der Waals surface area contributed by atoms with Crippen LogP contribution in [-0.2, 0) is 11.3 Å². The number of carboxylic acid groups (broad SMARTS) is 1. The van der Waals surface area contributed by atoms with Crippen LogP contribution < -0.4 is 5.32 Å². The van der Waals surface area contributed by atoms with Crippen LogP contribution in [0.25, 0.3) is 0 Å². The van der Waals surface area contributed by atoms with E-state index in [0.717, 1.165) is 0 Å². The summed E-state index contributed by atoms with van der Waals surface area (Å²) in [6.07, 6.45) is 0. The molecule has 4 nitrogen and oxygen atoms in total. The minimum absolute atomic E-state index is 0. The van der Waals surface area contributed by atoms with Gasteiger partial charge < -0.3 is 15.5 Å². The van der Waals surface area contributed by atoms with E-state index in [1.54, 1.807) is 24.3 Å². The molecule has 1 aromatic carbocycles. The van der Waals surface area contributed by atoms with E-state index >= 15 is 0 Å². The van der Waals surface area contributed by atoms with E-state index in [2.05, 4.69) is 5.32 Å². The second kappa shape index (κ2) is 6.84. The third-order valence-electron chi connectivity index (χ3n) is 1.58. The fraction of sp³-hybridized carbons (Fsp3) is 0.222. The van der Waals surface area contributed by atoms with Crippen LogP contribution in [0.2, 0.25) is 0 Å². The number of carboxylic acids is 1. The summed E-state index contributed by atoms with van der Waals surface area (Å²) >= 11 is 0. The Balaban J connectivity index is 0.00000169.